The summed E-state index contributed by atoms with van der Waals surface area (Å²) in [5.41, 5.74) is 1.61. The highest BCUT2D eigenvalue weighted by Crippen LogP contribution is 2.25. The summed E-state index contributed by atoms with van der Waals surface area (Å²) in [5, 5.41) is 6.27. The van der Waals surface area contributed by atoms with E-state index in [2.05, 4.69) is 10.6 Å². The molecule has 1 unspecified atom stereocenters. The summed E-state index contributed by atoms with van der Waals surface area (Å²) in [4.78, 5) is 13.7. The highest BCUT2D eigenvalue weighted by molar-refractivity contribution is 7.98. The number of thioether (sulfide) groups is 1. The molecule has 1 saturated carbocycles. The molecule has 0 bridgehead atoms. The van der Waals surface area contributed by atoms with Crippen molar-refractivity contribution in [3.05, 3.63) is 59.9 Å². The van der Waals surface area contributed by atoms with Gasteiger partial charge in [0.25, 0.3) is 0 Å². The predicted octanol–water partition coefficient (Wildman–Crippen LogP) is 3.98. The first kappa shape index (κ1) is 15.9. The summed E-state index contributed by atoms with van der Waals surface area (Å²) in [6.07, 6.45) is 4.08. The summed E-state index contributed by atoms with van der Waals surface area (Å²) >= 11 is 1.67. The van der Waals surface area contributed by atoms with E-state index in [0.717, 1.165) is 29.0 Å². The highest BCUT2D eigenvalue weighted by atomic mass is 32.2. The van der Waals surface area contributed by atoms with E-state index in [-0.39, 0.29) is 17.8 Å². The van der Waals surface area contributed by atoms with Crippen LogP contribution < -0.4 is 10.6 Å². The van der Waals surface area contributed by atoms with Crippen LogP contribution in [-0.2, 0) is 4.79 Å². The molecule has 5 heteroatoms. The standard InChI is InChI=1S/C18H19FN2OS/c1-23-16-10-8-14(9-11-16)20-17(18(22)21-15-6-7-15)12-2-4-13(19)5-3-12/h2-5,8-11,15,17,20H,6-7H2,1H3,(H,21,22). The first-order valence-corrected chi connectivity index (χ1v) is 8.84. The van der Waals surface area contributed by atoms with Crippen LogP contribution in [0, 0.1) is 5.82 Å². The Kier molecular flexibility index (Phi) is 4.86. The largest absolute Gasteiger partial charge is 0.370 e. The van der Waals surface area contributed by atoms with Crippen molar-refractivity contribution in [2.45, 2.75) is 29.8 Å². The van der Waals surface area contributed by atoms with Gasteiger partial charge in [-0.1, -0.05) is 12.1 Å². The number of benzene rings is 2. The number of hydrogen-bond acceptors (Lipinski definition) is 3. The summed E-state index contributed by atoms with van der Waals surface area (Å²) in [5.74, 6) is -0.382. The van der Waals surface area contributed by atoms with Gasteiger partial charge < -0.3 is 10.6 Å². The lowest BCUT2D eigenvalue weighted by Crippen LogP contribution is -2.34. The number of rotatable bonds is 6. The van der Waals surface area contributed by atoms with Crippen LogP contribution in [0.1, 0.15) is 24.4 Å². The van der Waals surface area contributed by atoms with Gasteiger partial charge in [0.2, 0.25) is 5.91 Å². The van der Waals surface area contributed by atoms with Gasteiger partial charge in [-0.05, 0) is 61.1 Å². The molecule has 0 heterocycles. The van der Waals surface area contributed by atoms with Gasteiger partial charge in [0.1, 0.15) is 11.9 Å². The van der Waals surface area contributed by atoms with Gasteiger partial charge in [-0.15, -0.1) is 11.8 Å². The SMILES string of the molecule is CSc1ccc(NC(C(=O)NC2CC2)c2ccc(F)cc2)cc1. The van der Waals surface area contributed by atoms with E-state index in [1.807, 2.05) is 30.5 Å². The molecule has 23 heavy (non-hydrogen) atoms. The average Bonchev–Trinajstić information content (AvgIpc) is 3.38. The monoisotopic (exact) mass is 330 g/mol. The fourth-order valence-electron chi connectivity index (χ4n) is 2.32. The second-order valence-electron chi connectivity index (χ2n) is 5.64. The number of carbonyl (C=O) groups excluding carboxylic acids is 1. The number of anilines is 1. The second kappa shape index (κ2) is 7.04. The van der Waals surface area contributed by atoms with Crippen molar-refractivity contribution in [2.75, 3.05) is 11.6 Å². The molecule has 3 nitrogen and oxygen atoms in total. The van der Waals surface area contributed by atoms with Crippen molar-refractivity contribution in [1.29, 1.82) is 0 Å². The van der Waals surface area contributed by atoms with Crippen molar-refractivity contribution in [1.82, 2.24) is 5.32 Å². The molecule has 0 aliphatic heterocycles. The molecule has 1 atom stereocenters. The number of hydrogen-bond donors (Lipinski definition) is 2. The highest BCUT2D eigenvalue weighted by Gasteiger charge is 2.28. The number of nitrogens with one attached hydrogen (secondary N) is 2. The summed E-state index contributed by atoms with van der Waals surface area (Å²) in [6.45, 7) is 0. The molecule has 1 fully saturated rings. The maximum absolute atomic E-state index is 13.2. The zero-order valence-corrected chi connectivity index (χ0v) is 13.7. The lowest BCUT2D eigenvalue weighted by molar-refractivity contribution is -0.122. The van der Waals surface area contributed by atoms with Crippen molar-refractivity contribution in [3.8, 4) is 0 Å². The van der Waals surface area contributed by atoms with E-state index < -0.39 is 6.04 Å². The molecule has 3 rings (SSSR count). The quantitative estimate of drug-likeness (QED) is 0.787. The van der Waals surface area contributed by atoms with Gasteiger partial charge >= 0.3 is 0 Å². The molecule has 0 saturated heterocycles. The Morgan fingerprint density at radius 1 is 1.13 bits per heavy atom. The predicted molar refractivity (Wildman–Crippen MR) is 92.2 cm³/mol. The zero-order chi connectivity index (χ0) is 16.2. The Morgan fingerprint density at radius 2 is 1.78 bits per heavy atom. The third-order valence-electron chi connectivity index (χ3n) is 3.79. The Morgan fingerprint density at radius 3 is 2.35 bits per heavy atom. The molecular weight excluding hydrogens is 311 g/mol. The van der Waals surface area contributed by atoms with Crippen LogP contribution in [-0.4, -0.2) is 18.2 Å². The number of carbonyl (C=O) groups is 1. The molecule has 120 valence electrons. The van der Waals surface area contributed by atoms with Crippen molar-refractivity contribution < 1.29 is 9.18 Å². The Labute approximate surface area is 139 Å². The topological polar surface area (TPSA) is 41.1 Å². The van der Waals surface area contributed by atoms with Gasteiger partial charge in [-0.2, -0.15) is 0 Å². The van der Waals surface area contributed by atoms with Crippen molar-refractivity contribution >= 4 is 23.4 Å². The van der Waals surface area contributed by atoms with E-state index in [1.54, 1.807) is 23.9 Å². The number of amides is 1. The lowest BCUT2D eigenvalue weighted by atomic mass is 10.1. The first-order chi connectivity index (χ1) is 11.2. The Balaban J connectivity index is 1.80. The molecule has 2 N–H and O–H groups in total. The average molecular weight is 330 g/mol. The minimum absolute atomic E-state index is 0.0759. The van der Waals surface area contributed by atoms with E-state index in [4.69, 9.17) is 0 Å². The van der Waals surface area contributed by atoms with Crippen LogP contribution in [0.25, 0.3) is 0 Å². The summed E-state index contributed by atoms with van der Waals surface area (Å²) in [6, 6.07) is 13.7. The molecule has 2 aromatic carbocycles. The van der Waals surface area contributed by atoms with Gasteiger partial charge in [-0.25, -0.2) is 4.39 Å². The van der Waals surface area contributed by atoms with Crippen molar-refractivity contribution in [3.63, 3.8) is 0 Å². The zero-order valence-electron chi connectivity index (χ0n) is 12.9. The Bertz CT molecular complexity index is 668. The van der Waals surface area contributed by atoms with Gasteiger partial charge in [0.05, 0.1) is 0 Å². The van der Waals surface area contributed by atoms with Crippen LogP contribution in [0.4, 0.5) is 10.1 Å². The van der Waals surface area contributed by atoms with Gasteiger partial charge in [0.15, 0.2) is 0 Å². The lowest BCUT2D eigenvalue weighted by Gasteiger charge is -2.20. The van der Waals surface area contributed by atoms with Crippen LogP contribution in [0.15, 0.2) is 53.4 Å². The smallest absolute Gasteiger partial charge is 0.247 e. The molecule has 0 spiro atoms. The molecule has 2 aromatic rings. The molecule has 1 aliphatic rings. The van der Waals surface area contributed by atoms with Gasteiger partial charge in [0, 0.05) is 16.6 Å². The second-order valence-corrected chi connectivity index (χ2v) is 6.52. The minimum atomic E-state index is -0.531. The van der Waals surface area contributed by atoms with Crippen molar-refractivity contribution in [2.24, 2.45) is 0 Å². The van der Waals surface area contributed by atoms with E-state index in [0.29, 0.717) is 0 Å². The van der Waals surface area contributed by atoms with Crippen LogP contribution in [0.2, 0.25) is 0 Å². The first-order valence-electron chi connectivity index (χ1n) is 7.62. The summed E-state index contributed by atoms with van der Waals surface area (Å²) < 4.78 is 13.2. The van der Waals surface area contributed by atoms with Crippen LogP contribution >= 0.6 is 11.8 Å². The third kappa shape index (κ3) is 4.26. The molecule has 1 aliphatic carbocycles. The van der Waals surface area contributed by atoms with E-state index in [1.165, 1.54) is 12.1 Å². The molecular formula is C18H19FN2OS. The minimum Gasteiger partial charge on any atom is -0.370 e. The number of halogens is 1. The normalized spacial score (nSPS) is 15.0. The van der Waals surface area contributed by atoms with E-state index in [9.17, 15) is 9.18 Å². The van der Waals surface area contributed by atoms with Crippen LogP contribution in [0.3, 0.4) is 0 Å². The van der Waals surface area contributed by atoms with Gasteiger partial charge in [-0.3, -0.25) is 4.79 Å². The fourth-order valence-corrected chi connectivity index (χ4v) is 2.73. The van der Waals surface area contributed by atoms with E-state index >= 15 is 0 Å². The third-order valence-corrected chi connectivity index (χ3v) is 4.53. The molecule has 0 radical (unpaired) electrons. The Hall–Kier alpha value is -2.01. The summed E-state index contributed by atoms with van der Waals surface area (Å²) in [7, 11) is 0. The fraction of sp³-hybridized carbons (Fsp3) is 0.278. The maximum Gasteiger partial charge on any atom is 0.247 e. The molecule has 1 amide bonds. The maximum atomic E-state index is 13.2. The molecule has 0 aromatic heterocycles. The van der Waals surface area contributed by atoms with Crippen LogP contribution in [0.5, 0.6) is 0 Å².